The van der Waals surface area contributed by atoms with Gasteiger partial charge in [-0.3, -0.25) is 0 Å². The van der Waals surface area contributed by atoms with Gasteiger partial charge >= 0.3 is 0 Å². The lowest BCUT2D eigenvalue weighted by atomic mass is 10.2. The van der Waals surface area contributed by atoms with Gasteiger partial charge in [-0.1, -0.05) is 37.3 Å². The Bertz CT molecular complexity index is 844. The fourth-order valence-electron chi connectivity index (χ4n) is 2.31. The molecule has 2 rings (SSSR count). The minimum Gasteiger partial charge on any atom is -0.357 e. The average Bonchev–Trinajstić information content (AvgIpc) is 2.64. The van der Waals surface area contributed by atoms with Crippen LogP contribution in [0, 0.1) is 0 Å². The van der Waals surface area contributed by atoms with Crippen molar-refractivity contribution in [3.63, 3.8) is 0 Å². The predicted molar refractivity (Wildman–Crippen MR) is 128 cm³/mol. The normalized spacial score (nSPS) is 12.8. The molecular weight excluding hydrogens is 507 g/mol. The number of aliphatic imine (C=N–C) groups is 1. The number of primary sulfonamides is 1. The molecule has 0 radical (unpaired) electrons. The van der Waals surface area contributed by atoms with Crippen molar-refractivity contribution >= 4 is 51.7 Å². The smallest absolute Gasteiger partial charge is 0.238 e. The van der Waals surface area contributed by atoms with Gasteiger partial charge < -0.3 is 10.6 Å². The summed E-state index contributed by atoms with van der Waals surface area (Å²) in [7, 11) is -3.67. The SMILES string of the molecule is CCNC(=NCc1ccc(S(N)(=O)=O)cc1)NCC(C)Sc1ccccc1.I. The number of nitrogens with zero attached hydrogens (tertiary/aromatic N) is 1. The number of rotatable bonds is 8. The molecule has 154 valence electrons. The van der Waals surface area contributed by atoms with E-state index in [1.54, 1.807) is 12.1 Å². The van der Waals surface area contributed by atoms with Gasteiger partial charge in [0.2, 0.25) is 10.0 Å². The lowest BCUT2D eigenvalue weighted by Gasteiger charge is -2.15. The molecule has 0 aromatic heterocycles. The Morgan fingerprint density at radius 1 is 1.11 bits per heavy atom. The zero-order chi connectivity index (χ0) is 19.7. The first kappa shape index (κ1) is 24.7. The van der Waals surface area contributed by atoms with Crippen LogP contribution < -0.4 is 15.8 Å². The highest BCUT2D eigenvalue weighted by atomic mass is 127. The molecule has 0 amide bonds. The molecule has 0 aliphatic heterocycles. The first-order chi connectivity index (χ1) is 12.9. The number of hydrogen-bond donors (Lipinski definition) is 3. The molecule has 0 aliphatic carbocycles. The Labute approximate surface area is 188 Å². The molecule has 9 heteroatoms. The molecule has 0 saturated carbocycles. The third-order valence-corrected chi connectivity index (χ3v) is 5.70. The van der Waals surface area contributed by atoms with E-state index in [-0.39, 0.29) is 28.9 Å². The van der Waals surface area contributed by atoms with Crippen molar-refractivity contribution in [3.05, 3.63) is 60.2 Å². The van der Waals surface area contributed by atoms with Crippen LogP contribution in [0.5, 0.6) is 0 Å². The number of guanidine groups is 1. The van der Waals surface area contributed by atoms with Crippen molar-refractivity contribution < 1.29 is 8.42 Å². The second-order valence-electron chi connectivity index (χ2n) is 6.01. The standard InChI is InChI=1S/C19H26N4O2S2.HI/c1-3-21-19(22-13-15(2)26-17-7-5-4-6-8-17)23-14-16-9-11-18(12-10-16)27(20,24)25;/h4-12,15H,3,13-14H2,1-2H3,(H2,20,24,25)(H2,21,22,23);1H. The highest BCUT2D eigenvalue weighted by Crippen LogP contribution is 2.21. The summed E-state index contributed by atoms with van der Waals surface area (Å²) in [6.45, 7) is 6.16. The fourth-order valence-corrected chi connectivity index (χ4v) is 3.77. The molecule has 28 heavy (non-hydrogen) atoms. The number of nitrogens with one attached hydrogen (secondary N) is 2. The second-order valence-corrected chi connectivity index (χ2v) is 9.08. The van der Waals surface area contributed by atoms with Gasteiger partial charge in [-0.15, -0.1) is 35.7 Å². The van der Waals surface area contributed by atoms with Gasteiger partial charge in [0, 0.05) is 23.2 Å². The van der Waals surface area contributed by atoms with E-state index in [1.807, 2.05) is 36.9 Å². The Kier molecular flexibility index (Phi) is 10.9. The first-order valence-electron chi connectivity index (χ1n) is 8.74. The maximum atomic E-state index is 11.3. The van der Waals surface area contributed by atoms with Crippen LogP contribution in [0.15, 0.2) is 69.4 Å². The molecule has 0 fully saturated rings. The van der Waals surface area contributed by atoms with E-state index in [0.717, 1.165) is 24.6 Å². The quantitative estimate of drug-likeness (QED) is 0.209. The summed E-state index contributed by atoms with van der Waals surface area (Å²) in [5, 5.41) is 12.1. The van der Waals surface area contributed by atoms with Crippen LogP contribution in [0.4, 0.5) is 0 Å². The van der Waals surface area contributed by atoms with Gasteiger partial charge in [-0.05, 0) is 36.8 Å². The molecule has 2 aromatic rings. The molecule has 0 bridgehead atoms. The third-order valence-electron chi connectivity index (χ3n) is 3.65. The van der Waals surface area contributed by atoms with Crippen molar-refractivity contribution in [2.75, 3.05) is 13.1 Å². The Morgan fingerprint density at radius 2 is 1.75 bits per heavy atom. The van der Waals surface area contributed by atoms with Crippen LogP contribution in [-0.4, -0.2) is 32.7 Å². The lowest BCUT2D eigenvalue weighted by Crippen LogP contribution is -2.40. The van der Waals surface area contributed by atoms with Gasteiger partial charge in [0.05, 0.1) is 11.4 Å². The second kappa shape index (κ2) is 12.3. The molecule has 4 N–H and O–H groups in total. The molecular formula is C19H27IN4O2S2. The first-order valence-corrected chi connectivity index (χ1v) is 11.2. The summed E-state index contributed by atoms with van der Waals surface area (Å²) in [4.78, 5) is 5.90. The van der Waals surface area contributed by atoms with E-state index in [9.17, 15) is 8.42 Å². The van der Waals surface area contributed by atoms with Crippen LogP contribution in [0.3, 0.4) is 0 Å². The summed E-state index contributed by atoms with van der Waals surface area (Å²) in [6.07, 6.45) is 0. The third kappa shape index (κ3) is 8.80. The topological polar surface area (TPSA) is 96.6 Å². The highest BCUT2D eigenvalue weighted by Gasteiger charge is 2.08. The molecule has 6 nitrogen and oxygen atoms in total. The average molecular weight is 534 g/mol. The molecule has 1 atom stereocenters. The Hall–Kier alpha value is -1.30. The highest BCUT2D eigenvalue weighted by molar-refractivity contribution is 14.0. The largest absolute Gasteiger partial charge is 0.357 e. The van der Waals surface area contributed by atoms with E-state index < -0.39 is 10.0 Å². The lowest BCUT2D eigenvalue weighted by molar-refractivity contribution is 0.598. The number of nitrogens with two attached hydrogens (primary N) is 1. The van der Waals surface area contributed by atoms with Crippen molar-refractivity contribution in [2.24, 2.45) is 10.1 Å². The Balaban J connectivity index is 0.00000392. The van der Waals surface area contributed by atoms with Crippen LogP contribution in [0.1, 0.15) is 19.4 Å². The number of thioether (sulfide) groups is 1. The van der Waals surface area contributed by atoms with Crippen LogP contribution in [-0.2, 0) is 16.6 Å². The minimum atomic E-state index is -3.67. The van der Waals surface area contributed by atoms with Crippen LogP contribution in [0.2, 0.25) is 0 Å². The summed E-state index contributed by atoms with van der Waals surface area (Å²) in [5.41, 5.74) is 0.909. The van der Waals surface area contributed by atoms with Crippen molar-refractivity contribution in [1.29, 1.82) is 0 Å². The zero-order valence-corrected chi connectivity index (χ0v) is 19.9. The van der Waals surface area contributed by atoms with Crippen molar-refractivity contribution in [2.45, 2.75) is 35.4 Å². The zero-order valence-electron chi connectivity index (χ0n) is 16.0. The van der Waals surface area contributed by atoms with Crippen LogP contribution >= 0.6 is 35.7 Å². The number of hydrogen-bond acceptors (Lipinski definition) is 4. The molecule has 2 aromatic carbocycles. The molecule has 0 heterocycles. The maximum Gasteiger partial charge on any atom is 0.238 e. The van der Waals surface area contributed by atoms with Gasteiger partial charge in [-0.25, -0.2) is 18.5 Å². The molecule has 1 unspecified atom stereocenters. The minimum absolute atomic E-state index is 0. The number of benzene rings is 2. The van der Waals surface area contributed by atoms with Crippen molar-refractivity contribution in [3.8, 4) is 0 Å². The van der Waals surface area contributed by atoms with Gasteiger partial charge in [0.25, 0.3) is 0 Å². The van der Waals surface area contributed by atoms with E-state index in [0.29, 0.717) is 11.8 Å². The summed E-state index contributed by atoms with van der Waals surface area (Å²) < 4.78 is 22.6. The summed E-state index contributed by atoms with van der Waals surface area (Å²) in [5.74, 6) is 0.730. The van der Waals surface area contributed by atoms with E-state index >= 15 is 0 Å². The predicted octanol–water partition coefficient (Wildman–Crippen LogP) is 3.19. The van der Waals surface area contributed by atoms with Gasteiger partial charge in [0.1, 0.15) is 0 Å². The maximum absolute atomic E-state index is 11.3. The summed E-state index contributed by atoms with van der Waals surface area (Å²) >= 11 is 1.81. The van der Waals surface area contributed by atoms with E-state index in [2.05, 4.69) is 34.7 Å². The van der Waals surface area contributed by atoms with E-state index in [1.165, 1.54) is 17.0 Å². The molecule has 0 spiro atoms. The number of halogens is 1. The van der Waals surface area contributed by atoms with Gasteiger partial charge in [0.15, 0.2) is 5.96 Å². The summed E-state index contributed by atoms with van der Waals surface area (Å²) in [6, 6.07) is 16.7. The van der Waals surface area contributed by atoms with Gasteiger partial charge in [-0.2, -0.15) is 0 Å². The van der Waals surface area contributed by atoms with E-state index in [4.69, 9.17) is 5.14 Å². The monoisotopic (exact) mass is 534 g/mol. The van der Waals surface area contributed by atoms with Crippen molar-refractivity contribution in [1.82, 2.24) is 10.6 Å². The Morgan fingerprint density at radius 3 is 2.32 bits per heavy atom. The molecule has 0 aliphatic rings. The molecule has 0 saturated heterocycles. The van der Waals surface area contributed by atoms with Crippen LogP contribution in [0.25, 0.3) is 0 Å². The fraction of sp³-hybridized carbons (Fsp3) is 0.316. The number of sulfonamides is 1.